The molecule has 3 rings (SSSR count). The Morgan fingerprint density at radius 3 is 2.61 bits per heavy atom. The number of carbonyl (C=O) groups excluding carboxylic acids is 2. The molecule has 2 heterocycles. The maximum atomic E-state index is 12.6. The minimum absolute atomic E-state index is 0.00545. The molecule has 1 saturated heterocycles. The average Bonchev–Trinajstić information content (AvgIpc) is 3.26. The molecular weight excluding hydrogens is 472 g/mol. The SMILES string of the molecule is CCOC(=O)c1nc(N[C@@H]2CCN(C(=O)OC(C)(C)C)C2)nc(Nc2ccccc2OC)c1[N+](=O)[O-]. The third-order valence-electron chi connectivity index (χ3n) is 5.07. The summed E-state index contributed by atoms with van der Waals surface area (Å²) in [6.07, 6.45) is 0.117. The van der Waals surface area contributed by atoms with Crippen molar-refractivity contribution in [3.63, 3.8) is 0 Å². The molecule has 0 radical (unpaired) electrons. The molecule has 0 bridgehead atoms. The van der Waals surface area contributed by atoms with E-state index in [4.69, 9.17) is 14.2 Å². The van der Waals surface area contributed by atoms with Gasteiger partial charge in [-0.05, 0) is 46.2 Å². The van der Waals surface area contributed by atoms with Crippen molar-refractivity contribution in [2.45, 2.75) is 45.8 Å². The van der Waals surface area contributed by atoms with E-state index in [2.05, 4.69) is 20.6 Å². The fourth-order valence-corrected chi connectivity index (χ4v) is 3.55. The van der Waals surface area contributed by atoms with E-state index in [-0.39, 0.29) is 24.4 Å². The van der Waals surface area contributed by atoms with Gasteiger partial charge in [0.15, 0.2) is 0 Å². The number of benzene rings is 1. The number of para-hydroxylation sites is 2. The molecule has 1 aromatic heterocycles. The lowest BCUT2D eigenvalue weighted by molar-refractivity contribution is -0.384. The minimum Gasteiger partial charge on any atom is -0.495 e. The molecule has 194 valence electrons. The van der Waals surface area contributed by atoms with Gasteiger partial charge < -0.3 is 29.7 Å². The summed E-state index contributed by atoms with van der Waals surface area (Å²) in [5.74, 6) is -0.787. The van der Waals surface area contributed by atoms with Gasteiger partial charge in [-0.1, -0.05) is 12.1 Å². The zero-order valence-corrected chi connectivity index (χ0v) is 20.9. The second-order valence-electron chi connectivity index (χ2n) is 8.95. The first-order chi connectivity index (χ1) is 17.0. The molecular formula is C23H30N6O7. The predicted octanol–water partition coefficient (Wildman–Crippen LogP) is 3.74. The van der Waals surface area contributed by atoms with Crippen LogP contribution in [-0.4, -0.2) is 70.3 Å². The number of anilines is 3. The van der Waals surface area contributed by atoms with Crippen LogP contribution in [0.4, 0.5) is 27.9 Å². The first kappa shape index (κ1) is 26.4. The van der Waals surface area contributed by atoms with Gasteiger partial charge in [-0.25, -0.2) is 9.59 Å². The molecule has 1 aromatic carbocycles. The van der Waals surface area contributed by atoms with Gasteiger partial charge in [-0.15, -0.1) is 0 Å². The summed E-state index contributed by atoms with van der Waals surface area (Å²) >= 11 is 0. The lowest BCUT2D eigenvalue weighted by Gasteiger charge is -2.24. The first-order valence-corrected chi connectivity index (χ1v) is 11.4. The van der Waals surface area contributed by atoms with E-state index in [1.807, 2.05) is 0 Å². The van der Waals surface area contributed by atoms with Gasteiger partial charge in [-0.2, -0.15) is 9.97 Å². The molecule has 1 aliphatic rings. The number of ether oxygens (including phenoxy) is 3. The lowest BCUT2D eigenvalue weighted by Crippen LogP contribution is -2.36. The standard InChI is InChI=1S/C23H30N6O7/c1-6-35-20(30)17-18(29(32)33)19(25-15-9-7-8-10-16(15)34-5)27-21(26-17)24-14-11-12-28(13-14)22(31)36-23(2,3)4/h7-10,14H,6,11-13H2,1-5H3,(H2,24,25,26,27)/t14-/m1/s1. The molecule has 1 fully saturated rings. The van der Waals surface area contributed by atoms with Crippen LogP contribution in [0.3, 0.4) is 0 Å². The fourth-order valence-electron chi connectivity index (χ4n) is 3.55. The monoisotopic (exact) mass is 502 g/mol. The highest BCUT2D eigenvalue weighted by Gasteiger charge is 2.34. The summed E-state index contributed by atoms with van der Waals surface area (Å²) in [7, 11) is 1.46. The molecule has 1 aliphatic heterocycles. The number of aromatic nitrogens is 2. The van der Waals surface area contributed by atoms with Crippen LogP contribution >= 0.6 is 0 Å². The Balaban J connectivity index is 1.94. The molecule has 0 saturated carbocycles. The van der Waals surface area contributed by atoms with Gasteiger partial charge in [0.25, 0.3) is 0 Å². The fraction of sp³-hybridized carbons (Fsp3) is 0.478. The van der Waals surface area contributed by atoms with Crippen molar-refractivity contribution in [1.82, 2.24) is 14.9 Å². The Bertz CT molecular complexity index is 1130. The largest absolute Gasteiger partial charge is 0.495 e. The number of nitro groups is 1. The van der Waals surface area contributed by atoms with E-state index in [0.29, 0.717) is 30.9 Å². The highest BCUT2D eigenvalue weighted by molar-refractivity contribution is 5.95. The quantitative estimate of drug-likeness (QED) is 0.308. The van der Waals surface area contributed by atoms with Crippen LogP contribution in [0.5, 0.6) is 5.75 Å². The first-order valence-electron chi connectivity index (χ1n) is 11.4. The van der Waals surface area contributed by atoms with Crippen molar-refractivity contribution >= 4 is 35.2 Å². The van der Waals surface area contributed by atoms with Crippen LogP contribution < -0.4 is 15.4 Å². The normalized spacial score (nSPS) is 15.2. The number of likely N-dealkylation sites (tertiary alicyclic amines) is 1. The zero-order valence-electron chi connectivity index (χ0n) is 20.9. The summed E-state index contributed by atoms with van der Waals surface area (Å²) in [6, 6.07) is 6.51. The van der Waals surface area contributed by atoms with Gasteiger partial charge >= 0.3 is 17.7 Å². The average molecular weight is 503 g/mol. The highest BCUT2D eigenvalue weighted by atomic mass is 16.6. The Morgan fingerprint density at radius 1 is 1.25 bits per heavy atom. The molecule has 1 amide bonds. The molecule has 2 N–H and O–H groups in total. The van der Waals surface area contributed by atoms with Crippen molar-refractivity contribution in [1.29, 1.82) is 0 Å². The molecule has 13 heteroatoms. The van der Waals surface area contributed by atoms with Gasteiger partial charge in [0.1, 0.15) is 11.4 Å². The van der Waals surface area contributed by atoms with Crippen LogP contribution in [0.2, 0.25) is 0 Å². The Hall–Kier alpha value is -4.16. The number of esters is 1. The summed E-state index contributed by atoms with van der Waals surface area (Å²) in [4.78, 5) is 46.1. The van der Waals surface area contributed by atoms with Gasteiger partial charge in [-0.3, -0.25) is 10.1 Å². The number of methoxy groups -OCH3 is 1. The topological polar surface area (TPSA) is 158 Å². The van der Waals surface area contributed by atoms with Crippen molar-refractivity contribution < 1.29 is 28.7 Å². The van der Waals surface area contributed by atoms with E-state index in [1.54, 1.807) is 56.9 Å². The minimum atomic E-state index is -0.959. The van der Waals surface area contributed by atoms with Crippen LogP contribution in [-0.2, 0) is 9.47 Å². The van der Waals surface area contributed by atoms with Gasteiger partial charge in [0.05, 0.1) is 24.3 Å². The summed E-state index contributed by atoms with van der Waals surface area (Å²) in [5.41, 5.74) is -1.36. The van der Waals surface area contributed by atoms with Gasteiger partial charge in [0.2, 0.25) is 17.5 Å². The number of amides is 1. The van der Waals surface area contributed by atoms with Crippen LogP contribution in [0, 0.1) is 10.1 Å². The Labute approximate surface area is 208 Å². The predicted molar refractivity (Wildman–Crippen MR) is 131 cm³/mol. The Kier molecular flexibility index (Phi) is 8.12. The number of carbonyl (C=O) groups is 2. The molecule has 0 unspecified atom stereocenters. The number of nitrogens with one attached hydrogen (secondary N) is 2. The second-order valence-corrected chi connectivity index (χ2v) is 8.95. The summed E-state index contributed by atoms with van der Waals surface area (Å²) in [6.45, 7) is 7.70. The highest BCUT2D eigenvalue weighted by Crippen LogP contribution is 2.34. The third-order valence-corrected chi connectivity index (χ3v) is 5.07. The maximum absolute atomic E-state index is 12.6. The molecule has 36 heavy (non-hydrogen) atoms. The van der Waals surface area contributed by atoms with E-state index >= 15 is 0 Å². The molecule has 0 aliphatic carbocycles. The number of nitrogens with zero attached hydrogens (tertiary/aromatic N) is 4. The third kappa shape index (κ3) is 6.49. The van der Waals surface area contributed by atoms with E-state index < -0.39 is 34.0 Å². The molecule has 0 spiro atoms. The van der Waals surface area contributed by atoms with Crippen LogP contribution in [0.1, 0.15) is 44.6 Å². The smallest absolute Gasteiger partial charge is 0.410 e. The van der Waals surface area contributed by atoms with E-state index in [1.165, 1.54) is 7.11 Å². The molecule has 13 nitrogen and oxygen atoms in total. The number of rotatable bonds is 8. The molecule has 2 aromatic rings. The zero-order chi connectivity index (χ0) is 26.5. The summed E-state index contributed by atoms with van der Waals surface area (Å²) < 4.78 is 15.7. The second kappa shape index (κ2) is 11.1. The summed E-state index contributed by atoms with van der Waals surface area (Å²) in [5, 5.41) is 17.9. The van der Waals surface area contributed by atoms with Crippen molar-refractivity contribution in [3.8, 4) is 5.75 Å². The molecule has 1 atom stereocenters. The maximum Gasteiger partial charge on any atom is 0.410 e. The number of hydrogen-bond acceptors (Lipinski definition) is 11. The number of hydrogen-bond donors (Lipinski definition) is 2. The van der Waals surface area contributed by atoms with Crippen molar-refractivity contribution in [3.05, 3.63) is 40.1 Å². The van der Waals surface area contributed by atoms with E-state index in [0.717, 1.165) is 0 Å². The van der Waals surface area contributed by atoms with Crippen molar-refractivity contribution in [2.24, 2.45) is 0 Å². The van der Waals surface area contributed by atoms with Crippen LogP contribution in [0.15, 0.2) is 24.3 Å². The van der Waals surface area contributed by atoms with Gasteiger partial charge in [0, 0.05) is 19.1 Å². The van der Waals surface area contributed by atoms with Crippen molar-refractivity contribution in [2.75, 3.05) is 37.4 Å². The lowest BCUT2D eigenvalue weighted by atomic mass is 10.2. The van der Waals surface area contributed by atoms with E-state index in [9.17, 15) is 19.7 Å². The Morgan fingerprint density at radius 2 is 1.97 bits per heavy atom. The van der Waals surface area contributed by atoms with Crippen LogP contribution in [0.25, 0.3) is 0 Å².